The van der Waals surface area contributed by atoms with E-state index in [1.807, 2.05) is 32.0 Å². The molecule has 1 aromatic carbocycles. The number of hydrazone groups is 1. The Kier molecular flexibility index (Phi) is 7.33. The van der Waals surface area contributed by atoms with Gasteiger partial charge in [-0.05, 0) is 43.4 Å². The summed E-state index contributed by atoms with van der Waals surface area (Å²) in [4.78, 5) is 24.6. The summed E-state index contributed by atoms with van der Waals surface area (Å²) >= 11 is 0. The second-order valence-corrected chi connectivity index (χ2v) is 7.12. The number of hydrogen-bond acceptors (Lipinski definition) is 4. The maximum absolute atomic E-state index is 12.4. The Balaban J connectivity index is 1.95. The highest BCUT2D eigenvalue weighted by Crippen LogP contribution is 2.25. The number of carbonyl (C=O) groups excluding carboxylic acids is 2. The zero-order valence-electron chi connectivity index (χ0n) is 16.2. The van der Waals surface area contributed by atoms with Gasteiger partial charge in [0.2, 0.25) is 5.91 Å². The molecule has 0 spiro atoms. The van der Waals surface area contributed by atoms with E-state index in [0.717, 1.165) is 29.8 Å². The van der Waals surface area contributed by atoms with E-state index in [0.29, 0.717) is 31.2 Å². The van der Waals surface area contributed by atoms with Crippen molar-refractivity contribution in [3.8, 4) is 0 Å². The molecule has 6 nitrogen and oxygen atoms in total. The first-order valence-electron chi connectivity index (χ1n) is 9.22. The SMILES string of the molecule is Cc1ccc(C)c(N2N=C(C(=O)NCCCOCC(C)C)CCC2=O)c1. The molecule has 0 aromatic heterocycles. The van der Waals surface area contributed by atoms with Crippen molar-refractivity contribution in [3.05, 3.63) is 29.3 Å². The normalized spacial score (nSPS) is 14.6. The molecule has 0 unspecified atom stereocenters. The van der Waals surface area contributed by atoms with Crippen molar-refractivity contribution < 1.29 is 14.3 Å². The average molecular weight is 359 g/mol. The van der Waals surface area contributed by atoms with E-state index >= 15 is 0 Å². The molecule has 142 valence electrons. The van der Waals surface area contributed by atoms with Gasteiger partial charge in [0.05, 0.1) is 5.69 Å². The topological polar surface area (TPSA) is 71.0 Å². The summed E-state index contributed by atoms with van der Waals surface area (Å²) < 4.78 is 5.50. The minimum Gasteiger partial charge on any atom is -0.381 e. The fraction of sp³-hybridized carbons (Fsp3) is 0.550. The number of anilines is 1. The van der Waals surface area contributed by atoms with E-state index in [1.165, 1.54) is 5.01 Å². The van der Waals surface area contributed by atoms with Crippen molar-refractivity contribution in [2.45, 2.75) is 47.0 Å². The van der Waals surface area contributed by atoms with Crippen LogP contribution in [0.5, 0.6) is 0 Å². The Bertz CT molecular complexity index is 683. The molecule has 1 aromatic rings. The number of nitrogens with zero attached hydrogens (tertiary/aromatic N) is 2. The molecule has 0 bridgehead atoms. The molecule has 0 saturated heterocycles. The largest absolute Gasteiger partial charge is 0.381 e. The predicted octanol–water partition coefficient (Wildman–Crippen LogP) is 2.97. The first-order valence-corrected chi connectivity index (χ1v) is 9.22. The minimum atomic E-state index is -0.211. The zero-order chi connectivity index (χ0) is 19.1. The predicted molar refractivity (Wildman–Crippen MR) is 103 cm³/mol. The lowest BCUT2D eigenvalue weighted by Gasteiger charge is -2.24. The maximum atomic E-state index is 12.4. The van der Waals surface area contributed by atoms with Crippen LogP contribution in [0.2, 0.25) is 0 Å². The van der Waals surface area contributed by atoms with E-state index in [-0.39, 0.29) is 18.2 Å². The summed E-state index contributed by atoms with van der Waals surface area (Å²) in [6, 6.07) is 5.87. The summed E-state index contributed by atoms with van der Waals surface area (Å²) in [6.45, 7) is 10.00. The van der Waals surface area contributed by atoms with Crippen LogP contribution < -0.4 is 10.3 Å². The van der Waals surface area contributed by atoms with Crippen LogP contribution >= 0.6 is 0 Å². The first kappa shape index (κ1) is 20.1. The van der Waals surface area contributed by atoms with Crippen molar-refractivity contribution >= 4 is 23.2 Å². The summed E-state index contributed by atoms with van der Waals surface area (Å²) in [5.74, 6) is 0.212. The molecular formula is C20H29N3O3. The summed E-state index contributed by atoms with van der Waals surface area (Å²) in [6.07, 6.45) is 1.42. The van der Waals surface area contributed by atoms with Gasteiger partial charge in [0.25, 0.3) is 5.91 Å². The Morgan fingerprint density at radius 1 is 1.31 bits per heavy atom. The highest BCUT2D eigenvalue weighted by atomic mass is 16.5. The number of amides is 2. The number of rotatable bonds is 8. The number of aryl methyl sites for hydroxylation is 2. The summed E-state index contributed by atoms with van der Waals surface area (Å²) in [5, 5.41) is 8.56. The van der Waals surface area contributed by atoms with Gasteiger partial charge in [-0.3, -0.25) is 9.59 Å². The molecule has 0 aliphatic carbocycles. The number of carbonyl (C=O) groups is 2. The molecule has 0 atom stereocenters. The Hall–Kier alpha value is -2.21. The van der Waals surface area contributed by atoms with Crippen LogP contribution in [-0.2, 0) is 14.3 Å². The lowest BCUT2D eigenvalue weighted by atomic mass is 10.1. The van der Waals surface area contributed by atoms with Crippen LogP contribution in [0.4, 0.5) is 5.69 Å². The van der Waals surface area contributed by atoms with Crippen LogP contribution in [0.25, 0.3) is 0 Å². The second-order valence-electron chi connectivity index (χ2n) is 7.12. The van der Waals surface area contributed by atoms with E-state index in [9.17, 15) is 9.59 Å². The molecule has 1 heterocycles. The number of hydrogen-bond donors (Lipinski definition) is 1. The van der Waals surface area contributed by atoms with Crippen LogP contribution in [0.1, 0.15) is 44.2 Å². The van der Waals surface area contributed by atoms with Gasteiger partial charge in [-0.2, -0.15) is 5.10 Å². The number of nitrogens with one attached hydrogen (secondary N) is 1. The molecular weight excluding hydrogens is 330 g/mol. The molecule has 26 heavy (non-hydrogen) atoms. The quantitative estimate of drug-likeness (QED) is 0.726. The lowest BCUT2D eigenvalue weighted by Crippen LogP contribution is -2.39. The van der Waals surface area contributed by atoms with Gasteiger partial charge in [0.1, 0.15) is 5.71 Å². The Morgan fingerprint density at radius 2 is 2.08 bits per heavy atom. The van der Waals surface area contributed by atoms with E-state index in [2.05, 4.69) is 24.3 Å². The van der Waals surface area contributed by atoms with Crippen LogP contribution in [0.3, 0.4) is 0 Å². The molecule has 0 radical (unpaired) electrons. The highest BCUT2D eigenvalue weighted by Gasteiger charge is 2.26. The van der Waals surface area contributed by atoms with E-state index < -0.39 is 0 Å². The number of ether oxygens (including phenoxy) is 1. The maximum Gasteiger partial charge on any atom is 0.267 e. The van der Waals surface area contributed by atoms with Gasteiger partial charge in [-0.15, -0.1) is 0 Å². The van der Waals surface area contributed by atoms with Crippen molar-refractivity contribution in [2.75, 3.05) is 24.8 Å². The van der Waals surface area contributed by atoms with Crippen LogP contribution in [0, 0.1) is 19.8 Å². The molecule has 1 aliphatic heterocycles. The van der Waals surface area contributed by atoms with Gasteiger partial charge in [-0.25, -0.2) is 5.01 Å². The van der Waals surface area contributed by atoms with E-state index in [1.54, 1.807) is 0 Å². The van der Waals surface area contributed by atoms with Crippen molar-refractivity contribution in [3.63, 3.8) is 0 Å². The second kappa shape index (κ2) is 9.48. The number of benzene rings is 1. The molecule has 1 aliphatic rings. The summed E-state index contributed by atoms with van der Waals surface area (Å²) in [7, 11) is 0. The van der Waals surface area contributed by atoms with Crippen molar-refractivity contribution in [1.29, 1.82) is 0 Å². The van der Waals surface area contributed by atoms with Crippen LogP contribution in [0.15, 0.2) is 23.3 Å². The third kappa shape index (κ3) is 5.66. The molecule has 6 heteroatoms. The fourth-order valence-corrected chi connectivity index (χ4v) is 2.65. The minimum absolute atomic E-state index is 0.0858. The molecule has 1 N–H and O–H groups in total. The van der Waals surface area contributed by atoms with Gasteiger partial charge in [-0.1, -0.05) is 26.0 Å². The summed E-state index contributed by atoms with van der Waals surface area (Å²) in [5.41, 5.74) is 3.14. The molecule has 0 fully saturated rings. The third-order valence-electron chi connectivity index (χ3n) is 4.09. The Morgan fingerprint density at radius 3 is 2.81 bits per heavy atom. The average Bonchev–Trinajstić information content (AvgIpc) is 2.60. The molecule has 0 saturated carbocycles. The lowest BCUT2D eigenvalue weighted by molar-refractivity contribution is -0.119. The highest BCUT2D eigenvalue weighted by molar-refractivity contribution is 6.40. The van der Waals surface area contributed by atoms with Crippen LogP contribution in [-0.4, -0.2) is 37.3 Å². The molecule has 2 amide bonds. The van der Waals surface area contributed by atoms with Gasteiger partial charge < -0.3 is 10.1 Å². The fourth-order valence-electron chi connectivity index (χ4n) is 2.65. The Labute approximate surface area is 155 Å². The standard InChI is InChI=1S/C20H29N3O3/c1-14(2)13-26-11-5-10-21-20(25)17-8-9-19(24)23(22-17)18-12-15(3)6-7-16(18)4/h6-7,12,14H,5,8-11,13H2,1-4H3,(H,21,25). The van der Waals surface area contributed by atoms with Gasteiger partial charge in [0.15, 0.2) is 0 Å². The third-order valence-corrected chi connectivity index (χ3v) is 4.09. The van der Waals surface area contributed by atoms with Crippen molar-refractivity contribution in [2.24, 2.45) is 11.0 Å². The zero-order valence-corrected chi connectivity index (χ0v) is 16.2. The van der Waals surface area contributed by atoms with Gasteiger partial charge in [0, 0.05) is 32.6 Å². The monoisotopic (exact) mass is 359 g/mol. The first-order chi connectivity index (χ1) is 12.4. The van der Waals surface area contributed by atoms with E-state index in [4.69, 9.17) is 4.74 Å². The molecule has 2 rings (SSSR count). The van der Waals surface area contributed by atoms with Crippen molar-refractivity contribution in [1.82, 2.24) is 5.32 Å². The smallest absolute Gasteiger partial charge is 0.267 e. The van der Waals surface area contributed by atoms with Gasteiger partial charge >= 0.3 is 0 Å².